The van der Waals surface area contributed by atoms with Crippen LogP contribution in [0.1, 0.15) is 336 Å². The van der Waals surface area contributed by atoms with Gasteiger partial charge < -0.3 is 19.7 Å². The van der Waals surface area contributed by atoms with E-state index in [0.717, 1.165) is 78.3 Å². The van der Waals surface area contributed by atoms with E-state index in [4.69, 9.17) is 9.47 Å². The number of rotatable bonds is 40. The fourth-order valence-corrected chi connectivity index (χ4v) is 10.9. The van der Waals surface area contributed by atoms with Crippen molar-refractivity contribution in [3.05, 3.63) is 57.6 Å². The highest BCUT2D eigenvalue weighted by molar-refractivity contribution is 5.91. The monoisotopic (exact) mass is 1040 g/mol. The van der Waals surface area contributed by atoms with E-state index < -0.39 is 23.8 Å². The predicted molar refractivity (Wildman–Crippen MR) is 322 cm³/mol. The molecule has 0 spiro atoms. The lowest BCUT2D eigenvalue weighted by molar-refractivity contribution is -0.156. The second kappa shape index (κ2) is 35.5. The number of unbranched alkanes of at least 4 members (excludes halogenated alkanes) is 28. The largest absolute Gasteiger partial charge is 0.507 e. The van der Waals surface area contributed by atoms with Gasteiger partial charge in [0.2, 0.25) is 0 Å². The molecule has 2 aromatic rings. The van der Waals surface area contributed by atoms with Crippen LogP contribution in [0, 0.1) is 5.41 Å². The van der Waals surface area contributed by atoms with Crippen LogP contribution in [0.4, 0.5) is 0 Å². The number of phenols is 2. The van der Waals surface area contributed by atoms with Gasteiger partial charge in [-0.1, -0.05) is 307 Å². The van der Waals surface area contributed by atoms with Crippen molar-refractivity contribution in [1.29, 1.82) is 0 Å². The van der Waals surface area contributed by atoms with Crippen LogP contribution in [0.25, 0.3) is 0 Å². The summed E-state index contributed by atoms with van der Waals surface area (Å²) in [6, 6.07) is 8.64. The highest BCUT2D eigenvalue weighted by Gasteiger charge is 2.38. The third kappa shape index (κ3) is 28.4. The number of benzene rings is 2. The average Bonchev–Trinajstić information content (AvgIpc) is 3.31. The van der Waals surface area contributed by atoms with Crippen LogP contribution in [-0.2, 0) is 53.6 Å². The van der Waals surface area contributed by atoms with Crippen molar-refractivity contribution in [3.8, 4) is 11.5 Å². The molecule has 6 heteroatoms. The Morgan fingerprint density at radius 2 is 0.680 bits per heavy atom. The van der Waals surface area contributed by atoms with Crippen LogP contribution < -0.4 is 0 Å². The van der Waals surface area contributed by atoms with Crippen LogP contribution in [0.2, 0.25) is 0 Å². The molecular formula is C69H120O6. The molecule has 0 aliphatic heterocycles. The van der Waals surface area contributed by atoms with Gasteiger partial charge in [-0.05, 0) is 80.7 Å². The maximum atomic E-state index is 13.8. The molecule has 2 aromatic carbocycles. The SMILES string of the molecule is CCCCCCCCCCCCCCCCCCOC(=O)CC(=O)OCC(CCCCCCCCCCCCCCCC)(Cc1cc(C(C)(C)C)cc(C(C)(C)C)c1O)Cc1cc(C(C)(C)C)cc(C(C)(C)C)c1O. The highest BCUT2D eigenvalue weighted by Crippen LogP contribution is 2.46. The van der Waals surface area contributed by atoms with E-state index in [1.807, 2.05) is 0 Å². The zero-order chi connectivity index (χ0) is 56.0. The van der Waals surface area contributed by atoms with Gasteiger partial charge >= 0.3 is 11.9 Å². The van der Waals surface area contributed by atoms with Crippen LogP contribution in [-0.4, -0.2) is 35.4 Å². The zero-order valence-corrected chi connectivity index (χ0v) is 51.8. The van der Waals surface area contributed by atoms with E-state index in [2.05, 4.69) is 121 Å². The molecule has 0 heterocycles. The summed E-state index contributed by atoms with van der Waals surface area (Å²) in [5.41, 5.74) is 4.01. The lowest BCUT2D eigenvalue weighted by atomic mass is 9.70. The molecule has 432 valence electrons. The normalized spacial score (nSPS) is 12.7. The van der Waals surface area contributed by atoms with Crippen molar-refractivity contribution in [2.24, 2.45) is 5.41 Å². The van der Waals surface area contributed by atoms with Crippen LogP contribution >= 0.6 is 0 Å². The Kier molecular flexibility index (Phi) is 32.2. The summed E-state index contributed by atoms with van der Waals surface area (Å²) < 4.78 is 11.9. The molecule has 0 aliphatic rings. The Labute approximate surface area is 463 Å². The molecule has 0 aromatic heterocycles. The highest BCUT2D eigenvalue weighted by atomic mass is 16.6. The Hall–Kier alpha value is -3.02. The minimum Gasteiger partial charge on any atom is -0.507 e. The molecule has 0 atom stereocenters. The third-order valence-electron chi connectivity index (χ3n) is 16.0. The quantitative estimate of drug-likeness (QED) is 0.0392. The first-order valence-electron chi connectivity index (χ1n) is 31.4. The maximum Gasteiger partial charge on any atom is 0.317 e. The number of carbonyl (C=O) groups excluding carboxylic acids is 2. The molecule has 0 saturated carbocycles. The summed E-state index contributed by atoms with van der Waals surface area (Å²) >= 11 is 0. The zero-order valence-electron chi connectivity index (χ0n) is 51.8. The molecule has 2 rings (SSSR count). The van der Waals surface area contributed by atoms with Crippen LogP contribution in [0.3, 0.4) is 0 Å². The van der Waals surface area contributed by atoms with Crippen molar-refractivity contribution >= 4 is 11.9 Å². The van der Waals surface area contributed by atoms with Crippen molar-refractivity contribution in [1.82, 2.24) is 0 Å². The predicted octanol–water partition coefficient (Wildman–Crippen LogP) is 20.7. The number of aromatic hydroxyl groups is 2. The number of carbonyl (C=O) groups is 2. The van der Waals surface area contributed by atoms with E-state index in [0.29, 0.717) is 19.4 Å². The summed E-state index contributed by atoms with van der Waals surface area (Å²) in [4.78, 5) is 27.0. The number of phenolic OH excluding ortho intramolecular Hbond substituents is 2. The van der Waals surface area contributed by atoms with Gasteiger partial charge in [0.15, 0.2) is 0 Å². The lowest BCUT2D eigenvalue weighted by Crippen LogP contribution is -2.35. The first-order chi connectivity index (χ1) is 35.3. The van der Waals surface area contributed by atoms with Gasteiger partial charge in [0.25, 0.3) is 0 Å². The second-order valence-corrected chi connectivity index (χ2v) is 27.6. The third-order valence-corrected chi connectivity index (χ3v) is 16.0. The molecule has 75 heavy (non-hydrogen) atoms. The van der Waals surface area contributed by atoms with Crippen molar-refractivity contribution in [2.75, 3.05) is 13.2 Å². The molecule has 0 bridgehead atoms. The molecule has 0 unspecified atom stereocenters. The van der Waals surface area contributed by atoms with Crippen molar-refractivity contribution in [2.45, 2.75) is 337 Å². The van der Waals surface area contributed by atoms with Gasteiger partial charge in [-0.3, -0.25) is 9.59 Å². The standard InChI is InChI=1S/C69H120O6/c1-15-17-19-21-23-25-27-29-31-32-34-36-38-40-42-44-46-74-61(70)51-62(71)75-54-69(45-43-41-39-37-35-33-30-28-26-24-22-20-18-16-2,52-55-47-57(65(3,4)5)49-59(63(55)72)67(9,10)11)53-56-48-58(66(6,7)8)50-60(64(56)73)68(12,13)14/h47-50,72-73H,15-46,51-54H2,1-14H3. The summed E-state index contributed by atoms with van der Waals surface area (Å²) in [6.07, 6.45) is 39.2. The van der Waals surface area contributed by atoms with E-state index in [9.17, 15) is 19.8 Å². The molecule has 0 aliphatic carbocycles. The maximum absolute atomic E-state index is 13.8. The first-order valence-corrected chi connectivity index (χ1v) is 31.4. The minimum atomic E-state index is -0.712. The summed E-state index contributed by atoms with van der Waals surface area (Å²) in [5, 5.41) is 24.6. The molecule has 0 fully saturated rings. The Bertz CT molecular complexity index is 1780. The average molecular weight is 1050 g/mol. The van der Waals surface area contributed by atoms with E-state index >= 15 is 0 Å². The fraction of sp³-hybridized carbons (Fsp3) is 0.797. The molecule has 0 radical (unpaired) electrons. The summed E-state index contributed by atoms with van der Waals surface area (Å²) in [5.74, 6) is -0.571. The van der Waals surface area contributed by atoms with Gasteiger partial charge in [0.1, 0.15) is 17.9 Å². The molecule has 2 N–H and O–H groups in total. The smallest absolute Gasteiger partial charge is 0.317 e. The van der Waals surface area contributed by atoms with Gasteiger partial charge in [0, 0.05) is 5.41 Å². The Morgan fingerprint density at radius 1 is 0.387 bits per heavy atom. The summed E-state index contributed by atoms with van der Waals surface area (Å²) in [6.45, 7) is 31.0. The van der Waals surface area contributed by atoms with E-state index in [1.54, 1.807) is 0 Å². The minimum absolute atomic E-state index is 0.0464. The summed E-state index contributed by atoms with van der Waals surface area (Å²) in [7, 11) is 0. The van der Waals surface area contributed by atoms with Gasteiger partial charge in [-0.2, -0.15) is 0 Å². The Morgan fingerprint density at radius 3 is 0.987 bits per heavy atom. The number of hydrogen-bond donors (Lipinski definition) is 2. The number of esters is 2. The van der Waals surface area contributed by atoms with Gasteiger partial charge in [-0.25, -0.2) is 0 Å². The second-order valence-electron chi connectivity index (χ2n) is 27.6. The van der Waals surface area contributed by atoms with Crippen LogP contribution in [0.5, 0.6) is 11.5 Å². The molecular weight excluding hydrogens is 925 g/mol. The first kappa shape index (κ1) is 68.1. The van der Waals surface area contributed by atoms with E-state index in [-0.39, 0.29) is 39.8 Å². The number of hydrogen-bond acceptors (Lipinski definition) is 6. The van der Waals surface area contributed by atoms with Crippen molar-refractivity contribution < 1.29 is 29.3 Å². The number of ether oxygens (including phenoxy) is 2. The topological polar surface area (TPSA) is 93.1 Å². The van der Waals surface area contributed by atoms with Gasteiger partial charge in [0.05, 0.1) is 13.2 Å². The van der Waals surface area contributed by atoms with Crippen molar-refractivity contribution in [3.63, 3.8) is 0 Å². The molecule has 6 nitrogen and oxygen atoms in total. The Balaban J connectivity index is 2.31. The van der Waals surface area contributed by atoms with E-state index in [1.165, 1.54) is 154 Å². The molecule has 0 saturated heterocycles. The van der Waals surface area contributed by atoms with Crippen LogP contribution in [0.15, 0.2) is 24.3 Å². The lowest BCUT2D eigenvalue weighted by Gasteiger charge is -2.37. The fourth-order valence-electron chi connectivity index (χ4n) is 10.9. The van der Waals surface area contributed by atoms with Gasteiger partial charge in [-0.15, -0.1) is 0 Å². The molecule has 0 amide bonds.